The van der Waals surface area contributed by atoms with Crippen molar-refractivity contribution in [3.05, 3.63) is 36.7 Å². The number of hydrogen-bond donors (Lipinski definition) is 2. The number of aromatic nitrogens is 2. The van der Waals surface area contributed by atoms with Gasteiger partial charge in [0.2, 0.25) is 0 Å². The summed E-state index contributed by atoms with van der Waals surface area (Å²) in [5, 5.41) is 21.9. The Morgan fingerprint density at radius 3 is 2.44 bits per heavy atom. The van der Waals surface area contributed by atoms with Gasteiger partial charge >= 0.3 is 7.12 Å². The topological polar surface area (TPSA) is 67.5 Å². The molecule has 82 valence electrons. The van der Waals surface area contributed by atoms with E-state index >= 15 is 0 Å². The van der Waals surface area contributed by atoms with Crippen LogP contribution in [-0.4, -0.2) is 34.1 Å². The van der Waals surface area contributed by atoms with Gasteiger partial charge in [-0.15, -0.1) is 0 Å². The molecule has 1 aromatic heterocycles. The number of hydrogen-bond acceptors (Lipinski definition) is 4. The van der Waals surface area contributed by atoms with Gasteiger partial charge in [0, 0.05) is 17.9 Å². The molecule has 0 amide bonds. The molecular formula is C10H11BN2O3. The maximum Gasteiger partial charge on any atom is 0.491 e. The second kappa shape index (κ2) is 4.38. The maximum absolute atomic E-state index is 8.95. The van der Waals surface area contributed by atoms with Crippen molar-refractivity contribution in [3.63, 3.8) is 0 Å². The molecule has 6 heteroatoms. The lowest BCUT2D eigenvalue weighted by molar-refractivity contribution is 0.414. The van der Waals surface area contributed by atoms with E-state index in [2.05, 4.69) is 5.10 Å². The summed E-state index contributed by atoms with van der Waals surface area (Å²) in [6, 6.07) is 7.29. The monoisotopic (exact) mass is 218 g/mol. The third kappa shape index (κ3) is 2.07. The summed E-state index contributed by atoms with van der Waals surface area (Å²) in [6.07, 6.45) is 2.97. The van der Waals surface area contributed by atoms with Gasteiger partial charge in [-0.3, -0.25) is 0 Å². The van der Waals surface area contributed by atoms with Crippen LogP contribution >= 0.6 is 0 Å². The molecule has 2 rings (SSSR count). The van der Waals surface area contributed by atoms with E-state index in [4.69, 9.17) is 14.8 Å². The van der Waals surface area contributed by atoms with Gasteiger partial charge in [-0.2, -0.15) is 5.10 Å². The fraction of sp³-hybridized carbons (Fsp3) is 0.100. The van der Waals surface area contributed by atoms with E-state index in [0.717, 1.165) is 11.4 Å². The molecule has 1 heterocycles. The predicted octanol–water partition coefficient (Wildman–Crippen LogP) is -0.439. The van der Waals surface area contributed by atoms with Gasteiger partial charge in [-0.05, 0) is 24.3 Å². The van der Waals surface area contributed by atoms with Crippen molar-refractivity contribution < 1.29 is 14.8 Å². The average Bonchev–Trinajstić information content (AvgIpc) is 2.78. The quantitative estimate of drug-likeness (QED) is 0.685. The molecule has 0 saturated carbocycles. The Bertz CT molecular complexity index is 467. The van der Waals surface area contributed by atoms with Crippen molar-refractivity contribution in [1.29, 1.82) is 0 Å². The zero-order valence-corrected chi connectivity index (χ0v) is 8.74. The van der Waals surface area contributed by atoms with Gasteiger partial charge in [0.1, 0.15) is 5.75 Å². The van der Waals surface area contributed by atoms with Crippen molar-refractivity contribution >= 4 is 12.6 Å². The minimum absolute atomic E-state index is 0.357. The zero-order chi connectivity index (χ0) is 11.5. The molecule has 0 bridgehead atoms. The normalized spacial score (nSPS) is 10.2. The van der Waals surface area contributed by atoms with E-state index in [1.165, 1.54) is 6.20 Å². The molecule has 0 fully saturated rings. The number of methoxy groups -OCH3 is 1. The van der Waals surface area contributed by atoms with Gasteiger partial charge in [-0.25, -0.2) is 4.68 Å². The van der Waals surface area contributed by atoms with E-state index in [1.54, 1.807) is 18.0 Å². The minimum Gasteiger partial charge on any atom is -0.497 e. The third-order valence-electron chi connectivity index (χ3n) is 2.24. The van der Waals surface area contributed by atoms with Gasteiger partial charge in [0.15, 0.2) is 0 Å². The molecular weight excluding hydrogens is 207 g/mol. The van der Waals surface area contributed by atoms with Crippen molar-refractivity contribution in [1.82, 2.24) is 9.78 Å². The van der Waals surface area contributed by atoms with Crippen LogP contribution in [0.15, 0.2) is 36.7 Å². The first-order chi connectivity index (χ1) is 7.70. The van der Waals surface area contributed by atoms with Crippen LogP contribution in [0.3, 0.4) is 0 Å². The SMILES string of the molecule is COc1ccc(-n2cc(B(O)O)cn2)cc1. The van der Waals surface area contributed by atoms with Gasteiger partial charge < -0.3 is 14.8 Å². The molecule has 0 aliphatic heterocycles. The van der Waals surface area contributed by atoms with Crippen LogP contribution < -0.4 is 10.2 Å². The van der Waals surface area contributed by atoms with Crippen LogP contribution in [0.25, 0.3) is 5.69 Å². The van der Waals surface area contributed by atoms with E-state index in [1.807, 2.05) is 24.3 Å². The summed E-state index contributed by atoms with van der Waals surface area (Å²) in [6.45, 7) is 0. The molecule has 0 aliphatic carbocycles. The Hall–Kier alpha value is -1.79. The summed E-state index contributed by atoms with van der Waals surface area (Å²) in [7, 11) is 0.107. The van der Waals surface area contributed by atoms with Crippen molar-refractivity contribution in [2.45, 2.75) is 0 Å². The standard InChI is InChI=1S/C10H11BN2O3/c1-16-10-4-2-9(3-5-10)13-7-8(6-12-13)11(14)15/h2-7,14-15H,1H3. The predicted molar refractivity (Wildman–Crippen MR) is 59.9 cm³/mol. The Morgan fingerprint density at radius 2 is 1.94 bits per heavy atom. The molecule has 0 aliphatic rings. The fourth-order valence-corrected chi connectivity index (χ4v) is 1.35. The number of rotatable bonds is 3. The summed E-state index contributed by atoms with van der Waals surface area (Å²) in [5.74, 6) is 0.762. The van der Waals surface area contributed by atoms with Crippen LogP contribution in [0.5, 0.6) is 5.75 Å². The van der Waals surface area contributed by atoms with Crippen LogP contribution in [0.1, 0.15) is 0 Å². The highest BCUT2D eigenvalue weighted by Crippen LogP contribution is 2.13. The molecule has 5 nitrogen and oxygen atoms in total. The molecule has 0 saturated heterocycles. The van der Waals surface area contributed by atoms with Gasteiger partial charge in [-0.1, -0.05) is 0 Å². The summed E-state index contributed by atoms with van der Waals surface area (Å²) < 4.78 is 6.60. The van der Waals surface area contributed by atoms with E-state index in [-0.39, 0.29) is 0 Å². The zero-order valence-electron chi connectivity index (χ0n) is 8.74. The van der Waals surface area contributed by atoms with Crippen LogP contribution in [-0.2, 0) is 0 Å². The van der Waals surface area contributed by atoms with Gasteiger partial charge in [0.05, 0.1) is 12.8 Å². The van der Waals surface area contributed by atoms with Crippen LogP contribution in [0.4, 0.5) is 0 Å². The Morgan fingerprint density at radius 1 is 1.25 bits per heavy atom. The minimum atomic E-state index is -1.49. The van der Waals surface area contributed by atoms with Crippen molar-refractivity contribution in [3.8, 4) is 11.4 Å². The Balaban J connectivity index is 2.28. The van der Waals surface area contributed by atoms with Crippen molar-refractivity contribution in [2.24, 2.45) is 0 Å². The lowest BCUT2D eigenvalue weighted by atomic mass is 9.83. The second-order valence-electron chi connectivity index (χ2n) is 3.29. The van der Waals surface area contributed by atoms with E-state index in [0.29, 0.717) is 5.46 Å². The average molecular weight is 218 g/mol. The van der Waals surface area contributed by atoms with E-state index in [9.17, 15) is 0 Å². The molecule has 2 aromatic rings. The van der Waals surface area contributed by atoms with Crippen molar-refractivity contribution in [2.75, 3.05) is 7.11 Å². The molecule has 16 heavy (non-hydrogen) atoms. The smallest absolute Gasteiger partial charge is 0.491 e. The first-order valence-electron chi connectivity index (χ1n) is 4.76. The molecule has 0 spiro atoms. The first-order valence-corrected chi connectivity index (χ1v) is 4.76. The number of nitrogens with zero attached hydrogens (tertiary/aromatic N) is 2. The maximum atomic E-state index is 8.95. The summed E-state index contributed by atoms with van der Waals surface area (Å²) in [5.41, 5.74) is 1.18. The van der Waals surface area contributed by atoms with Crippen LogP contribution in [0, 0.1) is 0 Å². The summed E-state index contributed by atoms with van der Waals surface area (Å²) in [4.78, 5) is 0. The number of benzene rings is 1. The Kier molecular flexibility index (Phi) is 2.94. The molecule has 0 radical (unpaired) electrons. The first kappa shape index (κ1) is 10.7. The van der Waals surface area contributed by atoms with Gasteiger partial charge in [0.25, 0.3) is 0 Å². The largest absolute Gasteiger partial charge is 0.497 e. The highest BCUT2D eigenvalue weighted by atomic mass is 16.5. The third-order valence-corrected chi connectivity index (χ3v) is 2.24. The Labute approximate surface area is 93.1 Å². The lowest BCUT2D eigenvalue weighted by Gasteiger charge is -2.02. The van der Waals surface area contributed by atoms with Crippen LogP contribution in [0.2, 0.25) is 0 Å². The molecule has 2 N–H and O–H groups in total. The fourth-order valence-electron chi connectivity index (χ4n) is 1.35. The molecule has 0 atom stereocenters. The number of ether oxygens (including phenoxy) is 1. The second-order valence-corrected chi connectivity index (χ2v) is 3.29. The molecule has 1 aromatic carbocycles. The highest BCUT2D eigenvalue weighted by molar-refractivity contribution is 6.58. The molecule has 0 unspecified atom stereocenters. The highest BCUT2D eigenvalue weighted by Gasteiger charge is 2.13. The van der Waals surface area contributed by atoms with E-state index < -0.39 is 7.12 Å². The lowest BCUT2D eigenvalue weighted by Crippen LogP contribution is -2.28. The summed E-state index contributed by atoms with van der Waals surface area (Å²) >= 11 is 0.